The second-order valence-electron chi connectivity index (χ2n) is 7.27. The monoisotopic (exact) mass is 427 g/mol. The van der Waals surface area contributed by atoms with E-state index in [0.29, 0.717) is 27.6 Å². The summed E-state index contributed by atoms with van der Waals surface area (Å²) in [5.74, 6) is 0.621. The van der Waals surface area contributed by atoms with Gasteiger partial charge >= 0.3 is 0 Å². The van der Waals surface area contributed by atoms with Gasteiger partial charge in [-0.3, -0.25) is 4.79 Å². The fourth-order valence-electron chi connectivity index (χ4n) is 3.80. The van der Waals surface area contributed by atoms with Crippen LogP contribution in [0.3, 0.4) is 0 Å². The quantitative estimate of drug-likeness (QED) is 0.287. The zero-order valence-electron chi connectivity index (χ0n) is 17.2. The largest absolute Gasteiger partial charge is 0.495 e. The summed E-state index contributed by atoms with van der Waals surface area (Å²) in [7, 11) is 1.61. The van der Waals surface area contributed by atoms with Crippen molar-refractivity contribution in [1.82, 2.24) is 14.5 Å². The average molecular weight is 428 g/mol. The number of ether oxygens (including phenoxy) is 1. The molecule has 0 saturated heterocycles. The maximum absolute atomic E-state index is 13.7. The smallest absolute Gasteiger partial charge is 0.283 e. The molecule has 5 nitrogen and oxygen atoms in total. The fraction of sp³-hybridized carbons (Fsp3) is 0.120. The van der Waals surface area contributed by atoms with Crippen LogP contribution < -0.4 is 10.3 Å². The lowest BCUT2D eigenvalue weighted by Crippen LogP contribution is -2.22. The van der Waals surface area contributed by atoms with Crippen molar-refractivity contribution in [2.75, 3.05) is 7.11 Å². The molecule has 3 aromatic carbocycles. The lowest BCUT2D eigenvalue weighted by molar-refractivity contribution is 0.411. The molecule has 0 amide bonds. The van der Waals surface area contributed by atoms with Crippen molar-refractivity contribution in [2.24, 2.45) is 0 Å². The van der Waals surface area contributed by atoms with Crippen molar-refractivity contribution in [3.63, 3.8) is 0 Å². The Morgan fingerprint density at radius 3 is 2.48 bits per heavy atom. The first kappa shape index (κ1) is 19.5. The zero-order valence-corrected chi connectivity index (χ0v) is 18.0. The predicted octanol–water partition coefficient (Wildman–Crippen LogP) is 5.73. The summed E-state index contributed by atoms with van der Waals surface area (Å²) in [5, 5.41) is 1.68. The molecule has 1 N–H and O–H groups in total. The molecule has 0 saturated carbocycles. The van der Waals surface area contributed by atoms with E-state index < -0.39 is 0 Å². The lowest BCUT2D eigenvalue weighted by atomic mass is 10.2. The molecule has 0 radical (unpaired) electrons. The minimum absolute atomic E-state index is 0.108. The van der Waals surface area contributed by atoms with Crippen LogP contribution in [0.4, 0.5) is 0 Å². The first-order valence-corrected chi connectivity index (χ1v) is 10.9. The van der Waals surface area contributed by atoms with E-state index in [4.69, 9.17) is 9.72 Å². The van der Waals surface area contributed by atoms with Gasteiger partial charge in [0.2, 0.25) is 0 Å². The van der Waals surface area contributed by atoms with E-state index in [1.165, 1.54) is 5.56 Å². The van der Waals surface area contributed by atoms with Crippen molar-refractivity contribution in [2.45, 2.75) is 17.3 Å². The third-order valence-electron chi connectivity index (χ3n) is 5.37. The van der Waals surface area contributed by atoms with Gasteiger partial charge in [0.05, 0.1) is 12.8 Å². The van der Waals surface area contributed by atoms with Crippen LogP contribution >= 0.6 is 11.8 Å². The summed E-state index contributed by atoms with van der Waals surface area (Å²) in [6, 6.07) is 25.6. The standard InChI is InChI=1S/C25H21N3O2S/c1-16(17-10-4-3-5-11-17)31-25-27-22-18-12-6-7-13-19(18)26-23(22)24(29)28(25)20-14-8-9-15-21(20)30-2/h3-16,26H,1-2H3. The summed E-state index contributed by atoms with van der Waals surface area (Å²) in [6.45, 7) is 2.12. The number of methoxy groups -OCH3 is 1. The third kappa shape index (κ3) is 3.39. The van der Waals surface area contributed by atoms with E-state index in [2.05, 4.69) is 24.0 Å². The van der Waals surface area contributed by atoms with Crippen LogP contribution in [0.5, 0.6) is 5.75 Å². The molecule has 1 unspecified atom stereocenters. The van der Waals surface area contributed by atoms with Crippen molar-refractivity contribution >= 4 is 33.7 Å². The predicted molar refractivity (Wildman–Crippen MR) is 126 cm³/mol. The number of hydrogen-bond acceptors (Lipinski definition) is 4. The Balaban J connectivity index is 1.78. The summed E-state index contributed by atoms with van der Waals surface area (Å²) in [6.07, 6.45) is 0. The number of H-pyrrole nitrogens is 1. The molecule has 0 spiro atoms. The van der Waals surface area contributed by atoms with Gasteiger partial charge in [-0.1, -0.05) is 72.4 Å². The van der Waals surface area contributed by atoms with E-state index >= 15 is 0 Å². The minimum Gasteiger partial charge on any atom is -0.495 e. The minimum atomic E-state index is -0.145. The molecule has 154 valence electrons. The molecule has 31 heavy (non-hydrogen) atoms. The Kier molecular flexibility index (Phi) is 5.00. The van der Waals surface area contributed by atoms with Crippen molar-refractivity contribution in [3.8, 4) is 11.4 Å². The number of para-hydroxylation sites is 3. The highest BCUT2D eigenvalue weighted by atomic mass is 32.2. The molecule has 2 heterocycles. The first-order valence-electron chi connectivity index (χ1n) is 10.1. The number of nitrogens with one attached hydrogen (secondary N) is 1. The number of hydrogen-bond donors (Lipinski definition) is 1. The van der Waals surface area contributed by atoms with Crippen LogP contribution in [-0.2, 0) is 0 Å². The maximum Gasteiger partial charge on any atom is 0.283 e. The molecule has 0 bridgehead atoms. The van der Waals surface area contributed by atoms with Crippen LogP contribution in [0.2, 0.25) is 0 Å². The van der Waals surface area contributed by atoms with Crippen molar-refractivity contribution in [1.29, 1.82) is 0 Å². The number of rotatable bonds is 5. The number of nitrogens with zero attached hydrogens (tertiary/aromatic N) is 2. The van der Waals surface area contributed by atoms with E-state index in [1.807, 2.05) is 66.7 Å². The molecule has 0 fully saturated rings. The Labute approximate surface area is 183 Å². The third-order valence-corrected chi connectivity index (χ3v) is 6.48. The van der Waals surface area contributed by atoms with Crippen LogP contribution in [0, 0.1) is 0 Å². The fourth-order valence-corrected chi connectivity index (χ4v) is 4.84. The molecule has 0 aliphatic carbocycles. The highest BCUT2D eigenvalue weighted by Gasteiger charge is 2.21. The van der Waals surface area contributed by atoms with Gasteiger partial charge in [-0.2, -0.15) is 0 Å². The van der Waals surface area contributed by atoms with Crippen LogP contribution in [-0.4, -0.2) is 21.6 Å². The average Bonchev–Trinajstić information content (AvgIpc) is 3.19. The lowest BCUT2D eigenvalue weighted by Gasteiger charge is -2.17. The zero-order chi connectivity index (χ0) is 21.4. The molecular weight excluding hydrogens is 406 g/mol. The van der Waals surface area contributed by atoms with E-state index in [-0.39, 0.29) is 10.8 Å². The van der Waals surface area contributed by atoms with Crippen molar-refractivity contribution in [3.05, 3.63) is 94.8 Å². The van der Waals surface area contributed by atoms with Gasteiger partial charge in [0, 0.05) is 16.2 Å². The second kappa shape index (κ2) is 7.96. The summed E-state index contributed by atoms with van der Waals surface area (Å²) in [4.78, 5) is 22.0. The molecule has 0 aliphatic heterocycles. The van der Waals surface area contributed by atoms with E-state index in [1.54, 1.807) is 23.4 Å². The SMILES string of the molecule is COc1ccccc1-n1c(SC(C)c2ccccc2)nc2c([nH]c3ccccc32)c1=O. The summed E-state index contributed by atoms with van der Waals surface area (Å²) >= 11 is 1.56. The summed E-state index contributed by atoms with van der Waals surface area (Å²) < 4.78 is 7.22. The van der Waals surface area contributed by atoms with Gasteiger partial charge in [0.1, 0.15) is 16.8 Å². The molecule has 5 aromatic rings. The molecule has 0 aliphatic rings. The number of aromatic amines is 1. The highest BCUT2D eigenvalue weighted by molar-refractivity contribution is 7.99. The van der Waals surface area contributed by atoms with Gasteiger partial charge in [0.25, 0.3) is 5.56 Å². The van der Waals surface area contributed by atoms with Crippen LogP contribution in [0.25, 0.3) is 27.6 Å². The van der Waals surface area contributed by atoms with Gasteiger partial charge in [0.15, 0.2) is 5.16 Å². The number of benzene rings is 3. The van der Waals surface area contributed by atoms with Gasteiger partial charge in [-0.05, 0) is 30.7 Å². The van der Waals surface area contributed by atoms with Gasteiger partial charge in [-0.25, -0.2) is 9.55 Å². The Hall–Kier alpha value is -3.51. The number of aromatic nitrogens is 3. The Morgan fingerprint density at radius 1 is 0.968 bits per heavy atom. The van der Waals surface area contributed by atoms with Gasteiger partial charge < -0.3 is 9.72 Å². The Morgan fingerprint density at radius 2 is 1.68 bits per heavy atom. The van der Waals surface area contributed by atoms with Crippen LogP contribution in [0.15, 0.2) is 88.8 Å². The molecule has 6 heteroatoms. The first-order chi connectivity index (χ1) is 15.2. The number of thioether (sulfide) groups is 1. The van der Waals surface area contributed by atoms with Crippen molar-refractivity contribution < 1.29 is 4.74 Å². The topological polar surface area (TPSA) is 59.9 Å². The molecule has 2 aromatic heterocycles. The molecule has 1 atom stereocenters. The molecular formula is C25H21N3O2S. The number of fused-ring (bicyclic) bond motifs is 3. The van der Waals surface area contributed by atoms with E-state index in [9.17, 15) is 4.79 Å². The van der Waals surface area contributed by atoms with E-state index in [0.717, 1.165) is 10.9 Å². The second-order valence-corrected chi connectivity index (χ2v) is 8.58. The van der Waals surface area contributed by atoms with Crippen LogP contribution in [0.1, 0.15) is 17.7 Å². The normalized spacial score (nSPS) is 12.3. The van der Waals surface area contributed by atoms with Gasteiger partial charge in [-0.15, -0.1) is 0 Å². The highest BCUT2D eigenvalue weighted by Crippen LogP contribution is 2.36. The molecule has 5 rings (SSSR count). The summed E-state index contributed by atoms with van der Waals surface area (Å²) in [5.41, 5.74) is 3.77. The maximum atomic E-state index is 13.7. The Bertz CT molecular complexity index is 1440.